The van der Waals surface area contributed by atoms with Crippen LogP contribution in [0.25, 0.3) is 10.9 Å². The highest BCUT2D eigenvalue weighted by Crippen LogP contribution is 2.20. The number of H-pyrrole nitrogens is 2. The number of aliphatic carboxylic acids is 1. The monoisotopic (exact) mass is 585 g/mol. The van der Waals surface area contributed by atoms with E-state index in [1.54, 1.807) is 19.3 Å². The molecule has 5 atom stereocenters. The Morgan fingerprint density at radius 1 is 1.02 bits per heavy atom. The number of para-hydroxylation sites is 1. The van der Waals surface area contributed by atoms with E-state index in [9.17, 15) is 24.3 Å². The SMILES string of the molecule is CCC(C)C(NC(=O)C(Cc1c[nH]c2ccccc12)NC(=O)C(N)Cc1cnc[nH]1)C(=O)NC(CCSC)C(=O)O. The average molecular weight is 586 g/mol. The van der Waals surface area contributed by atoms with Crippen LogP contribution >= 0.6 is 11.8 Å². The van der Waals surface area contributed by atoms with E-state index in [1.165, 1.54) is 18.1 Å². The maximum absolute atomic E-state index is 13.7. The fourth-order valence-electron chi connectivity index (χ4n) is 4.44. The average Bonchev–Trinajstić information content (AvgIpc) is 3.62. The van der Waals surface area contributed by atoms with E-state index in [0.29, 0.717) is 17.9 Å². The van der Waals surface area contributed by atoms with Gasteiger partial charge in [-0.15, -0.1) is 0 Å². The molecular formula is C28H39N7O5S. The molecule has 2 aromatic heterocycles. The first kappa shape index (κ1) is 31.7. The van der Waals surface area contributed by atoms with E-state index in [4.69, 9.17) is 5.73 Å². The third kappa shape index (κ3) is 8.82. The molecule has 222 valence electrons. The topological polar surface area (TPSA) is 195 Å². The van der Waals surface area contributed by atoms with E-state index in [-0.39, 0.29) is 25.2 Å². The van der Waals surface area contributed by atoms with Gasteiger partial charge in [0.1, 0.15) is 18.1 Å². The van der Waals surface area contributed by atoms with Crippen molar-refractivity contribution < 1.29 is 24.3 Å². The highest BCUT2D eigenvalue weighted by atomic mass is 32.2. The summed E-state index contributed by atoms with van der Waals surface area (Å²) in [5.41, 5.74) is 8.50. The number of hydrogen-bond donors (Lipinski definition) is 7. The molecule has 13 heteroatoms. The van der Waals surface area contributed by atoms with Gasteiger partial charge in [-0.2, -0.15) is 11.8 Å². The van der Waals surface area contributed by atoms with Crippen molar-refractivity contribution in [1.82, 2.24) is 30.9 Å². The van der Waals surface area contributed by atoms with E-state index in [1.807, 2.05) is 37.4 Å². The quantitative estimate of drug-likeness (QED) is 0.131. The molecule has 2 heterocycles. The molecule has 1 aromatic carbocycles. The van der Waals surface area contributed by atoms with Crippen molar-refractivity contribution in [2.45, 2.75) is 63.7 Å². The van der Waals surface area contributed by atoms with Crippen LogP contribution in [0.5, 0.6) is 0 Å². The molecule has 0 saturated heterocycles. The van der Waals surface area contributed by atoms with Crippen molar-refractivity contribution in [2.75, 3.05) is 12.0 Å². The first-order valence-electron chi connectivity index (χ1n) is 13.5. The van der Waals surface area contributed by atoms with Crippen LogP contribution in [0.1, 0.15) is 37.9 Å². The zero-order chi connectivity index (χ0) is 29.9. The highest BCUT2D eigenvalue weighted by Gasteiger charge is 2.33. The lowest BCUT2D eigenvalue weighted by Crippen LogP contribution is -2.59. The third-order valence-electron chi connectivity index (χ3n) is 7.08. The minimum Gasteiger partial charge on any atom is -0.480 e. The van der Waals surface area contributed by atoms with Gasteiger partial charge in [0.15, 0.2) is 0 Å². The number of carbonyl (C=O) groups is 4. The summed E-state index contributed by atoms with van der Waals surface area (Å²) >= 11 is 1.48. The van der Waals surface area contributed by atoms with Gasteiger partial charge in [-0.1, -0.05) is 38.5 Å². The zero-order valence-corrected chi connectivity index (χ0v) is 24.3. The number of nitrogens with one attached hydrogen (secondary N) is 5. The van der Waals surface area contributed by atoms with Gasteiger partial charge >= 0.3 is 5.97 Å². The number of imidazole rings is 1. The number of benzene rings is 1. The summed E-state index contributed by atoms with van der Waals surface area (Å²) in [6, 6.07) is 3.50. The molecule has 0 saturated carbocycles. The van der Waals surface area contributed by atoms with Gasteiger partial charge in [-0.3, -0.25) is 14.4 Å². The number of aromatic nitrogens is 3. The number of carboxylic acid groups (broad SMARTS) is 1. The van der Waals surface area contributed by atoms with E-state index < -0.39 is 47.9 Å². The number of aromatic amines is 2. The number of thioether (sulfide) groups is 1. The number of amides is 3. The number of carboxylic acids is 1. The molecule has 5 unspecified atom stereocenters. The third-order valence-corrected chi connectivity index (χ3v) is 7.73. The van der Waals surface area contributed by atoms with Crippen molar-refractivity contribution in [3.05, 3.63) is 54.2 Å². The molecule has 0 aliphatic rings. The number of nitrogens with zero attached hydrogens (tertiary/aromatic N) is 1. The molecule has 0 radical (unpaired) electrons. The molecular weight excluding hydrogens is 546 g/mol. The van der Waals surface area contributed by atoms with Crippen LogP contribution in [-0.2, 0) is 32.0 Å². The summed E-state index contributed by atoms with van der Waals surface area (Å²) in [5, 5.41) is 18.6. The summed E-state index contributed by atoms with van der Waals surface area (Å²) in [6.07, 6.45) is 7.82. The normalized spacial score (nSPS) is 14.9. The second-order valence-electron chi connectivity index (χ2n) is 10.1. The number of rotatable bonds is 16. The molecule has 41 heavy (non-hydrogen) atoms. The van der Waals surface area contributed by atoms with Crippen LogP contribution in [0.2, 0.25) is 0 Å². The van der Waals surface area contributed by atoms with Crippen LogP contribution in [-0.4, -0.2) is 79.9 Å². The van der Waals surface area contributed by atoms with Gasteiger partial charge in [-0.25, -0.2) is 9.78 Å². The lowest BCUT2D eigenvalue weighted by atomic mass is 9.96. The summed E-state index contributed by atoms with van der Waals surface area (Å²) in [7, 11) is 0. The van der Waals surface area contributed by atoms with Gasteiger partial charge in [0.05, 0.1) is 12.4 Å². The summed E-state index contributed by atoms with van der Waals surface area (Å²) in [4.78, 5) is 61.8. The Morgan fingerprint density at radius 2 is 1.76 bits per heavy atom. The molecule has 3 rings (SSSR count). The van der Waals surface area contributed by atoms with Crippen molar-refractivity contribution in [3.8, 4) is 0 Å². The minimum absolute atomic E-state index is 0.138. The fraction of sp³-hybridized carbons (Fsp3) is 0.464. The van der Waals surface area contributed by atoms with E-state index in [2.05, 4.69) is 30.9 Å². The van der Waals surface area contributed by atoms with Crippen molar-refractivity contribution >= 4 is 46.4 Å². The largest absolute Gasteiger partial charge is 0.480 e. The minimum atomic E-state index is -1.14. The van der Waals surface area contributed by atoms with Crippen molar-refractivity contribution in [3.63, 3.8) is 0 Å². The van der Waals surface area contributed by atoms with Gasteiger partial charge in [-0.05, 0) is 36.0 Å². The molecule has 3 amide bonds. The number of fused-ring (bicyclic) bond motifs is 1. The summed E-state index contributed by atoms with van der Waals surface area (Å²) in [5.74, 6) is -2.59. The Balaban J connectivity index is 1.82. The lowest BCUT2D eigenvalue weighted by Gasteiger charge is -2.28. The zero-order valence-electron chi connectivity index (χ0n) is 23.5. The summed E-state index contributed by atoms with van der Waals surface area (Å²) in [6.45, 7) is 3.68. The Bertz CT molecular complexity index is 1310. The van der Waals surface area contributed by atoms with Crippen molar-refractivity contribution in [1.29, 1.82) is 0 Å². The van der Waals surface area contributed by atoms with E-state index in [0.717, 1.165) is 16.5 Å². The second-order valence-corrected chi connectivity index (χ2v) is 11.1. The Labute approximate surface area is 243 Å². The molecule has 3 aromatic rings. The first-order valence-corrected chi connectivity index (χ1v) is 14.9. The van der Waals surface area contributed by atoms with Gasteiger partial charge in [0.2, 0.25) is 17.7 Å². The van der Waals surface area contributed by atoms with E-state index >= 15 is 0 Å². The van der Waals surface area contributed by atoms with Gasteiger partial charge in [0, 0.05) is 41.8 Å². The van der Waals surface area contributed by atoms with Gasteiger partial charge < -0.3 is 36.8 Å². The highest BCUT2D eigenvalue weighted by molar-refractivity contribution is 7.98. The standard InChI is InChI=1S/C28H39N7O5S/c1-4-16(2)24(27(38)33-22(28(39)40)9-10-41-3)35-26(37)23(11-17-13-31-21-8-6-5-7-19(17)21)34-25(36)20(29)12-18-14-30-15-32-18/h5-8,13-16,20,22-24,31H,4,9-12,29H2,1-3H3,(H,30,32)(H,33,38)(H,34,36)(H,35,37)(H,39,40). The maximum Gasteiger partial charge on any atom is 0.326 e. The molecule has 0 spiro atoms. The first-order chi connectivity index (χ1) is 19.6. The Hall–Kier alpha value is -3.84. The second kappa shape index (κ2) is 15.2. The maximum atomic E-state index is 13.7. The van der Waals surface area contributed by atoms with Crippen LogP contribution < -0.4 is 21.7 Å². The predicted molar refractivity (Wildman–Crippen MR) is 158 cm³/mol. The molecule has 8 N–H and O–H groups in total. The Morgan fingerprint density at radius 3 is 2.41 bits per heavy atom. The van der Waals surface area contributed by atoms with Crippen LogP contribution in [0.15, 0.2) is 43.0 Å². The smallest absolute Gasteiger partial charge is 0.326 e. The summed E-state index contributed by atoms with van der Waals surface area (Å²) < 4.78 is 0. The number of hydrogen-bond acceptors (Lipinski definition) is 7. The Kier molecular flexibility index (Phi) is 11.8. The number of nitrogens with two attached hydrogens (primary N) is 1. The number of carbonyl (C=O) groups excluding carboxylic acids is 3. The predicted octanol–water partition coefficient (Wildman–Crippen LogP) is 1.34. The molecule has 0 bridgehead atoms. The van der Waals surface area contributed by atoms with Crippen molar-refractivity contribution in [2.24, 2.45) is 11.7 Å². The molecule has 0 aliphatic carbocycles. The molecule has 0 aliphatic heterocycles. The fourth-order valence-corrected chi connectivity index (χ4v) is 4.92. The lowest BCUT2D eigenvalue weighted by molar-refractivity contribution is -0.142. The van der Waals surface area contributed by atoms with Gasteiger partial charge in [0.25, 0.3) is 0 Å². The van der Waals surface area contributed by atoms with Crippen LogP contribution in [0, 0.1) is 5.92 Å². The van der Waals surface area contributed by atoms with Crippen LogP contribution in [0.4, 0.5) is 0 Å². The molecule has 12 nitrogen and oxygen atoms in total. The van der Waals surface area contributed by atoms with Crippen LogP contribution in [0.3, 0.4) is 0 Å². The molecule has 0 fully saturated rings.